The number of ether oxygens (including phenoxy) is 2. The molecule has 1 atom stereocenters. The first-order valence-electron chi connectivity index (χ1n) is 8.12. The SMILES string of the molecule is CNC1[C]=CN=C(Nc2ccc(C(=O)N3CCOCC3)cc2OC)N1. The highest BCUT2D eigenvalue weighted by Gasteiger charge is 2.20. The molecule has 0 saturated carbocycles. The summed E-state index contributed by atoms with van der Waals surface area (Å²) in [4.78, 5) is 18.6. The molecule has 0 bridgehead atoms. The van der Waals surface area contributed by atoms with Gasteiger partial charge in [-0.05, 0) is 25.2 Å². The van der Waals surface area contributed by atoms with Gasteiger partial charge in [0.2, 0.25) is 5.96 Å². The maximum Gasteiger partial charge on any atom is 0.254 e. The lowest BCUT2D eigenvalue weighted by molar-refractivity contribution is 0.0302. The molecule has 8 nitrogen and oxygen atoms in total. The van der Waals surface area contributed by atoms with E-state index in [-0.39, 0.29) is 12.1 Å². The van der Waals surface area contributed by atoms with Crippen molar-refractivity contribution in [2.45, 2.75) is 6.17 Å². The van der Waals surface area contributed by atoms with Gasteiger partial charge in [0.15, 0.2) is 0 Å². The molecule has 3 rings (SSSR count). The van der Waals surface area contributed by atoms with Crippen LogP contribution in [0.2, 0.25) is 0 Å². The van der Waals surface area contributed by atoms with Crippen molar-refractivity contribution in [1.82, 2.24) is 15.5 Å². The Hall–Kier alpha value is -2.58. The van der Waals surface area contributed by atoms with E-state index in [1.54, 1.807) is 30.3 Å². The van der Waals surface area contributed by atoms with Crippen LogP contribution in [0.3, 0.4) is 0 Å². The van der Waals surface area contributed by atoms with Gasteiger partial charge in [-0.15, -0.1) is 0 Å². The van der Waals surface area contributed by atoms with Gasteiger partial charge < -0.3 is 25.0 Å². The Bertz CT molecular complexity index is 683. The average Bonchev–Trinajstić information content (AvgIpc) is 2.68. The van der Waals surface area contributed by atoms with Crippen molar-refractivity contribution >= 4 is 17.6 Å². The molecular formula is C17H22N5O3. The summed E-state index contributed by atoms with van der Waals surface area (Å²) in [6.45, 7) is 2.36. The lowest BCUT2D eigenvalue weighted by Gasteiger charge is -2.27. The molecule has 8 heteroatoms. The normalized spacial score (nSPS) is 19.8. The molecule has 1 radical (unpaired) electrons. The summed E-state index contributed by atoms with van der Waals surface area (Å²) in [6, 6.07) is 5.33. The second kappa shape index (κ2) is 8.00. The molecule has 25 heavy (non-hydrogen) atoms. The van der Waals surface area contributed by atoms with Crippen LogP contribution in [0.1, 0.15) is 10.4 Å². The second-order valence-electron chi connectivity index (χ2n) is 5.58. The molecule has 0 aromatic heterocycles. The van der Waals surface area contributed by atoms with Gasteiger partial charge in [-0.25, -0.2) is 4.99 Å². The van der Waals surface area contributed by atoms with Crippen LogP contribution in [0.15, 0.2) is 29.4 Å². The van der Waals surface area contributed by atoms with Crippen molar-refractivity contribution in [2.75, 3.05) is 45.8 Å². The number of benzene rings is 1. The summed E-state index contributed by atoms with van der Waals surface area (Å²) in [6.07, 6.45) is 4.49. The van der Waals surface area contributed by atoms with Crippen LogP contribution in [0.5, 0.6) is 5.75 Å². The quantitative estimate of drug-likeness (QED) is 0.733. The van der Waals surface area contributed by atoms with Gasteiger partial charge in [0.1, 0.15) is 11.9 Å². The number of morpholine rings is 1. The Balaban J connectivity index is 1.74. The topological polar surface area (TPSA) is 87.2 Å². The monoisotopic (exact) mass is 344 g/mol. The maximum absolute atomic E-state index is 12.6. The van der Waals surface area contributed by atoms with E-state index in [0.717, 1.165) is 5.69 Å². The fraction of sp³-hybridized carbons (Fsp3) is 0.412. The standard InChI is InChI=1S/C17H22N5O3/c1-18-15-5-6-19-17(21-15)20-13-4-3-12(11-14(13)24-2)16(23)22-7-9-25-10-8-22/h3-4,6,11,15,18H,7-10H2,1-2H3,(H2,19,20,21). The third-order valence-electron chi connectivity index (χ3n) is 4.00. The minimum Gasteiger partial charge on any atom is -0.495 e. The number of nitrogens with one attached hydrogen (secondary N) is 3. The van der Waals surface area contributed by atoms with Crippen molar-refractivity contribution in [3.8, 4) is 5.75 Å². The number of carbonyl (C=O) groups excluding carboxylic acids is 1. The predicted octanol–water partition coefficient (Wildman–Crippen LogP) is 0.401. The summed E-state index contributed by atoms with van der Waals surface area (Å²) < 4.78 is 10.7. The van der Waals surface area contributed by atoms with Crippen molar-refractivity contribution in [1.29, 1.82) is 0 Å². The van der Waals surface area contributed by atoms with Crippen molar-refractivity contribution in [2.24, 2.45) is 4.99 Å². The summed E-state index contributed by atoms with van der Waals surface area (Å²) >= 11 is 0. The Kier molecular flexibility index (Phi) is 5.52. The summed E-state index contributed by atoms with van der Waals surface area (Å²) in [5.41, 5.74) is 1.31. The van der Waals surface area contributed by atoms with E-state index in [1.165, 1.54) is 0 Å². The highest BCUT2D eigenvalue weighted by atomic mass is 16.5. The molecule has 1 aromatic carbocycles. The number of hydrogen-bond donors (Lipinski definition) is 3. The smallest absolute Gasteiger partial charge is 0.254 e. The first-order valence-corrected chi connectivity index (χ1v) is 8.12. The number of anilines is 1. The minimum absolute atomic E-state index is 0.0194. The van der Waals surface area contributed by atoms with Crippen LogP contribution < -0.4 is 20.7 Å². The maximum atomic E-state index is 12.6. The second-order valence-corrected chi connectivity index (χ2v) is 5.58. The number of aliphatic imine (C=N–C) groups is 1. The van der Waals surface area contributed by atoms with E-state index in [2.05, 4.69) is 27.0 Å². The zero-order valence-electron chi connectivity index (χ0n) is 14.3. The number of guanidine groups is 1. The highest BCUT2D eigenvalue weighted by molar-refractivity contribution is 5.98. The summed E-state index contributed by atoms with van der Waals surface area (Å²) in [7, 11) is 3.40. The molecule has 1 saturated heterocycles. The van der Waals surface area contributed by atoms with Crippen LogP contribution >= 0.6 is 0 Å². The molecule has 133 valence electrons. The molecule has 1 unspecified atom stereocenters. The molecule has 1 fully saturated rings. The number of methoxy groups -OCH3 is 1. The molecule has 2 aliphatic heterocycles. The molecule has 2 heterocycles. The first kappa shape index (κ1) is 17.2. The van der Waals surface area contributed by atoms with Gasteiger partial charge >= 0.3 is 0 Å². The van der Waals surface area contributed by atoms with E-state index in [9.17, 15) is 4.79 Å². The predicted molar refractivity (Wildman–Crippen MR) is 94.6 cm³/mol. The van der Waals surface area contributed by atoms with Crippen molar-refractivity contribution in [3.63, 3.8) is 0 Å². The Morgan fingerprint density at radius 2 is 2.24 bits per heavy atom. The summed E-state index contributed by atoms with van der Waals surface area (Å²) in [5, 5.41) is 9.34. The van der Waals surface area contributed by atoms with E-state index < -0.39 is 0 Å². The van der Waals surface area contributed by atoms with Crippen molar-refractivity contribution < 1.29 is 14.3 Å². The van der Waals surface area contributed by atoms with Crippen LogP contribution in [0.4, 0.5) is 5.69 Å². The molecule has 0 aliphatic carbocycles. The minimum atomic E-state index is -0.117. The van der Waals surface area contributed by atoms with Gasteiger partial charge in [0.05, 0.1) is 26.0 Å². The summed E-state index contributed by atoms with van der Waals surface area (Å²) in [5.74, 6) is 1.13. The Morgan fingerprint density at radius 1 is 1.44 bits per heavy atom. The molecule has 2 aliphatic rings. The lowest BCUT2D eigenvalue weighted by atomic mass is 10.1. The van der Waals surface area contributed by atoms with Gasteiger partial charge in [-0.2, -0.15) is 0 Å². The average molecular weight is 344 g/mol. The van der Waals surface area contributed by atoms with E-state index in [1.807, 2.05) is 13.1 Å². The van der Waals surface area contributed by atoms with E-state index in [4.69, 9.17) is 9.47 Å². The van der Waals surface area contributed by atoms with Gasteiger partial charge in [-0.1, -0.05) is 0 Å². The number of likely N-dealkylation sites (N-methyl/N-ethyl adjacent to an activating group) is 1. The van der Waals surface area contributed by atoms with Crippen LogP contribution in [0.25, 0.3) is 0 Å². The van der Waals surface area contributed by atoms with Crippen LogP contribution in [-0.2, 0) is 4.74 Å². The van der Waals surface area contributed by atoms with Crippen molar-refractivity contribution in [3.05, 3.63) is 36.0 Å². The first-order chi connectivity index (χ1) is 12.2. The third-order valence-corrected chi connectivity index (χ3v) is 4.00. The fourth-order valence-corrected chi connectivity index (χ4v) is 2.62. The Morgan fingerprint density at radius 3 is 2.96 bits per heavy atom. The largest absolute Gasteiger partial charge is 0.495 e. The van der Waals surface area contributed by atoms with Gasteiger partial charge in [-0.3, -0.25) is 10.1 Å². The molecule has 1 amide bonds. The number of carbonyl (C=O) groups is 1. The van der Waals surface area contributed by atoms with Crippen LogP contribution in [0, 0.1) is 6.08 Å². The lowest BCUT2D eigenvalue weighted by Crippen LogP contribution is -2.46. The third kappa shape index (κ3) is 4.09. The number of nitrogens with zero attached hydrogens (tertiary/aromatic N) is 2. The molecule has 1 aromatic rings. The van der Waals surface area contributed by atoms with Gasteiger partial charge in [0.25, 0.3) is 5.91 Å². The Labute approximate surface area is 146 Å². The van der Waals surface area contributed by atoms with E-state index in [0.29, 0.717) is 43.6 Å². The highest BCUT2D eigenvalue weighted by Crippen LogP contribution is 2.26. The molecule has 3 N–H and O–H groups in total. The van der Waals surface area contributed by atoms with E-state index >= 15 is 0 Å². The molecule has 0 spiro atoms. The molecular weight excluding hydrogens is 322 g/mol. The zero-order chi connectivity index (χ0) is 17.6. The fourth-order valence-electron chi connectivity index (χ4n) is 2.62. The number of rotatable bonds is 4. The number of hydrogen-bond acceptors (Lipinski definition) is 7. The van der Waals surface area contributed by atoms with Crippen LogP contribution in [-0.4, -0.2) is 63.4 Å². The number of amides is 1. The van der Waals surface area contributed by atoms with Gasteiger partial charge in [0, 0.05) is 30.9 Å². The zero-order valence-corrected chi connectivity index (χ0v) is 14.3.